The summed E-state index contributed by atoms with van der Waals surface area (Å²) in [7, 11) is 0. The van der Waals surface area contributed by atoms with Crippen LogP contribution in [0.15, 0.2) is 24.3 Å². The monoisotopic (exact) mass is 138 g/mol. The minimum atomic E-state index is 0.784. The number of hydrogen-bond acceptors (Lipinski definition) is 0. The maximum atomic E-state index is 2.23. The molecule has 0 aliphatic rings. The Labute approximate surface area is 64.6 Å². The van der Waals surface area contributed by atoms with Crippen LogP contribution in [0.4, 0.5) is 0 Å². The van der Waals surface area contributed by atoms with Gasteiger partial charge in [0.1, 0.15) is 0 Å². The number of rotatable bonds is 4. The van der Waals surface area contributed by atoms with Gasteiger partial charge in [-0.2, -0.15) is 0 Å². The van der Waals surface area contributed by atoms with E-state index in [4.69, 9.17) is 0 Å². The standard InChI is InChI=1S/C10H18/c1-4-5-6-7-8-9-10(2)3/h5-8,10H,4,9H2,1-3H3/b6-5-,8-7-. The predicted octanol–water partition coefficient (Wildman–Crippen LogP) is 3.55. The summed E-state index contributed by atoms with van der Waals surface area (Å²) >= 11 is 0. The summed E-state index contributed by atoms with van der Waals surface area (Å²) in [6.07, 6.45) is 10.9. The zero-order valence-electron chi connectivity index (χ0n) is 7.30. The number of hydrogen-bond donors (Lipinski definition) is 0. The zero-order valence-corrected chi connectivity index (χ0v) is 7.30. The van der Waals surface area contributed by atoms with Crippen LogP contribution in [0.5, 0.6) is 0 Å². The fraction of sp³-hybridized carbons (Fsp3) is 0.600. The maximum absolute atomic E-state index is 2.23. The molecule has 0 aromatic carbocycles. The average molecular weight is 138 g/mol. The summed E-state index contributed by atoms with van der Waals surface area (Å²) in [6.45, 7) is 6.61. The first-order valence-corrected chi connectivity index (χ1v) is 4.09. The molecule has 0 aromatic heterocycles. The molecule has 0 saturated carbocycles. The Morgan fingerprint density at radius 3 is 2.20 bits per heavy atom. The van der Waals surface area contributed by atoms with E-state index in [0.29, 0.717) is 0 Å². The van der Waals surface area contributed by atoms with E-state index < -0.39 is 0 Å². The highest BCUT2D eigenvalue weighted by atomic mass is 13.9. The fourth-order valence-electron chi connectivity index (χ4n) is 0.644. The second-order valence-corrected chi connectivity index (χ2v) is 2.89. The van der Waals surface area contributed by atoms with Gasteiger partial charge in [0.15, 0.2) is 0 Å². The molecule has 0 radical (unpaired) electrons. The molecule has 10 heavy (non-hydrogen) atoms. The minimum Gasteiger partial charge on any atom is -0.0848 e. The predicted molar refractivity (Wildman–Crippen MR) is 48.0 cm³/mol. The van der Waals surface area contributed by atoms with Crippen molar-refractivity contribution in [3.05, 3.63) is 24.3 Å². The van der Waals surface area contributed by atoms with Gasteiger partial charge in [0.2, 0.25) is 0 Å². The second kappa shape index (κ2) is 6.60. The first-order valence-electron chi connectivity index (χ1n) is 4.09. The van der Waals surface area contributed by atoms with Crippen LogP contribution in [-0.2, 0) is 0 Å². The molecule has 0 spiro atoms. The molecule has 0 rings (SSSR count). The van der Waals surface area contributed by atoms with Gasteiger partial charge >= 0.3 is 0 Å². The number of allylic oxidation sites excluding steroid dienone is 4. The molecule has 58 valence electrons. The van der Waals surface area contributed by atoms with Crippen molar-refractivity contribution in [1.29, 1.82) is 0 Å². The lowest BCUT2D eigenvalue weighted by molar-refractivity contribution is 0.664. The molecule has 0 nitrogen and oxygen atoms in total. The molecule has 0 amide bonds. The summed E-state index contributed by atoms with van der Waals surface area (Å²) < 4.78 is 0. The Bertz CT molecular complexity index is 107. The van der Waals surface area contributed by atoms with Gasteiger partial charge in [0.25, 0.3) is 0 Å². The first kappa shape index (κ1) is 9.48. The van der Waals surface area contributed by atoms with Crippen molar-refractivity contribution in [3.63, 3.8) is 0 Å². The van der Waals surface area contributed by atoms with Gasteiger partial charge in [-0.3, -0.25) is 0 Å². The van der Waals surface area contributed by atoms with E-state index in [1.54, 1.807) is 0 Å². The molecule has 0 saturated heterocycles. The third kappa shape index (κ3) is 7.48. The first-order chi connectivity index (χ1) is 4.77. The van der Waals surface area contributed by atoms with Crippen molar-refractivity contribution in [2.45, 2.75) is 33.6 Å². The molecule has 0 heteroatoms. The van der Waals surface area contributed by atoms with Gasteiger partial charge in [-0.1, -0.05) is 45.1 Å². The molecule has 0 heterocycles. The van der Waals surface area contributed by atoms with Crippen molar-refractivity contribution < 1.29 is 0 Å². The van der Waals surface area contributed by atoms with E-state index in [1.807, 2.05) is 0 Å². The fourth-order valence-corrected chi connectivity index (χ4v) is 0.644. The third-order valence-corrected chi connectivity index (χ3v) is 1.23. The molecule has 0 atom stereocenters. The molecule has 0 bridgehead atoms. The Balaban J connectivity index is 3.28. The maximum Gasteiger partial charge on any atom is -0.0324 e. The summed E-state index contributed by atoms with van der Waals surface area (Å²) in [6, 6.07) is 0. The summed E-state index contributed by atoms with van der Waals surface area (Å²) in [5, 5.41) is 0. The van der Waals surface area contributed by atoms with Crippen molar-refractivity contribution in [2.75, 3.05) is 0 Å². The lowest BCUT2D eigenvalue weighted by atomic mass is 10.1. The molecular formula is C10H18. The van der Waals surface area contributed by atoms with Crippen LogP contribution < -0.4 is 0 Å². The molecule has 0 aliphatic heterocycles. The van der Waals surface area contributed by atoms with Crippen molar-refractivity contribution in [3.8, 4) is 0 Å². The summed E-state index contributed by atoms with van der Waals surface area (Å²) in [5.74, 6) is 0.784. The summed E-state index contributed by atoms with van der Waals surface area (Å²) in [5.41, 5.74) is 0. The molecule has 0 fully saturated rings. The molecular weight excluding hydrogens is 120 g/mol. The van der Waals surface area contributed by atoms with Crippen LogP contribution in [-0.4, -0.2) is 0 Å². The highest BCUT2D eigenvalue weighted by Crippen LogP contribution is 1.99. The van der Waals surface area contributed by atoms with E-state index in [1.165, 1.54) is 6.42 Å². The van der Waals surface area contributed by atoms with Crippen LogP contribution in [0, 0.1) is 5.92 Å². The van der Waals surface area contributed by atoms with E-state index >= 15 is 0 Å². The Morgan fingerprint density at radius 2 is 1.70 bits per heavy atom. The van der Waals surface area contributed by atoms with Gasteiger partial charge in [-0.25, -0.2) is 0 Å². The van der Waals surface area contributed by atoms with Gasteiger partial charge in [0.05, 0.1) is 0 Å². The van der Waals surface area contributed by atoms with E-state index in [0.717, 1.165) is 12.3 Å². The lowest BCUT2D eigenvalue weighted by Crippen LogP contribution is -1.80. The lowest BCUT2D eigenvalue weighted by Gasteiger charge is -1.94. The van der Waals surface area contributed by atoms with Crippen LogP contribution in [0.3, 0.4) is 0 Å². The molecule has 0 aromatic rings. The zero-order chi connectivity index (χ0) is 7.82. The minimum absolute atomic E-state index is 0.784. The average Bonchev–Trinajstić information content (AvgIpc) is 1.87. The normalized spacial score (nSPS) is 12.4. The SMILES string of the molecule is CC/C=C\C=C/CC(C)C. The Hall–Kier alpha value is -0.520. The van der Waals surface area contributed by atoms with Crippen molar-refractivity contribution in [1.82, 2.24) is 0 Å². The quantitative estimate of drug-likeness (QED) is 0.521. The van der Waals surface area contributed by atoms with E-state index in [2.05, 4.69) is 45.1 Å². The van der Waals surface area contributed by atoms with Crippen LogP contribution in [0.2, 0.25) is 0 Å². The van der Waals surface area contributed by atoms with Gasteiger partial charge in [-0.05, 0) is 18.8 Å². The van der Waals surface area contributed by atoms with Gasteiger partial charge in [-0.15, -0.1) is 0 Å². The van der Waals surface area contributed by atoms with Gasteiger partial charge in [0, 0.05) is 0 Å². The Morgan fingerprint density at radius 1 is 1.10 bits per heavy atom. The smallest absolute Gasteiger partial charge is 0.0324 e. The van der Waals surface area contributed by atoms with Crippen LogP contribution in [0.1, 0.15) is 33.6 Å². The molecule has 0 N–H and O–H groups in total. The largest absolute Gasteiger partial charge is 0.0848 e. The third-order valence-electron chi connectivity index (χ3n) is 1.23. The van der Waals surface area contributed by atoms with E-state index in [9.17, 15) is 0 Å². The van der Waals surface area contributed by atoms with E-state index in [-0.39, 0.29) is 0 Å². The molecule has 0 unspecified atom stereocenters. The summed E-state index contributed by atoms with van der Waals surface area (Å²) in [4.78, 5) is 0. The van der Waals surface area contributed by atoms with Crippen LogP contribution in [0.25, 0.3) is 0 Å². The molecule has 0 aliphatic carbocycles. The topological polar surface area (TPSA) is 0 Å². The van der Waals surface area contributed by atoms with Crippen molar-refractivity contribution >= 4 is 0 Å². The Kier molecular flexibility index (Phi) is 6.25. The highest BCUT2D eigenvalue weighted by Gasteiger charge is 1.84. The van der Waals surface area contributed by atoms with Gasteiger partial charge < -0.3 is 0 Å². The highest BCUT2D eigenvalue weighted by molar-refractivity contribution is 5.01. The van der Waals surface area contributed by atoms with Crippen molar-refractivity contribution in [2.24, 2.45) is 5.92 Å². The van der Waals surface area contributed by atoms with Crippen LogP contribution >= 0.6 is 0 Å². The second-order valence-electron chi connectivity index (χ2n) is 2.89.